The van der Waals surface area contributed by atoms with E-state index in [0.717, 1.165) is 11.6 Å². The molecular formula is C20H15ClFNO3. The van der Waals surface area contributed by atoms with Crippen LogP contribution in [0.15, 0.2) is 59.0 Å². The molecule has 0 spiro atoms. The fourth-order valence-electron chi connectivity index (χ4n) is 2.28. The Morgan fingerprint density at radius 2 is 2.00 bits per heavy atom. The highest BCUT2D eigenvalue weighted by molar-refractivity contribution is 6.32. The van der Waals surface area contributed by atoms with E-state index < -0.39 is 11.8 Å². The first-order valence-electron chi connectivity index (χ1n) is 7.85. The van der Waals surface area contributed by atoms with E-state index in [1.807, 2.05) is 30.3 Å². The number of hydrogen-bond acceptors (Lipinski definition) is 4. The molecule has 0 saturated carbocycles. The SMILES string of the molecule is Cc1oc(-c2ccccc2)nc1COC(=O)C=Cc1c(F)cccc1Cl. The van der Waals surface area contributed by atoms with Crippen LogP contribution in [-0.4, -0.2) is 11.0 Å². The summed E-state index contributed by atoms with van der Waals surface area (Å²) in [6, 6.07) is 13.7. The van der Waals surface area contributed by atoms with Gasteiger partial charge in [0.05, 0.1) is 5.02 Å². The first kappa shape index (κ1) is 17.9. The van der Waals surface area contributed by atoms with Crippen molar-refractivity contribution < 1.29 is 18.3 Å². The maximum Gasteiger partial charge on any atom is 0.331 e. The Bertz CT molecular complexity index is 931. The number of esters is 1. The van der Waals surface area contributed by atoms with Gasteiger partial charge in [0.1, 0.15) is 23.9 Å². The maximum atomic E-state index is 13.7. The molecular weight excluding hydrogens is 357 g/mol. The van der Waals surface area contributed by atoms with Crippen LogP contribution in [0.5, 0.6) is 0 Å². The van der Waals surface area contributed by atoms with E-state index in [9.17, 15) is 9.18 Å². The van der Waals surface area contributed by atoms with Crippen molar-refractivity contribution in [3.63, 3.8) is 0 Å². The maximum absolute atomic E-state index is 13.7. The summed E-state index contributed by atoms with van der Waals surface area (Å²) in [5, 5.41) is 0.217. The van der Waals surface area contributed by atoms with Crippen molar-refractivity contribution in [1.82, 2.24) is 4.98 Å². The molecule has 26 heavy (non-hydrogen) atoms. The topological polar surface area (TPSA) is 52.3 Å². The van der Waals surface area contributed by atoms with E-state index in [1.165, 1.54) is 18.2 Å². The Kier molecular flexibility index (Phi) is 5.49. The lowest BCUT2D eigenvalue weighted by Crippen LogP contribution is -2.02. The molecule has 4 nitrogen and oxygen atoms in total. The Hall–Kier alpha value is -2.92. The Labute approximate surface area is 154 Å². The zero-order chi connectivity index (χ0) is 18.5. The van der Waals surface area contributed by atoms with Crippen molar-refractivity contribution in [2.24, 2.45) is 0 Å². The van der Waals surface area contributed by atoms with E-state index >= 15 is 0 Å². The Balaban J connectivity index is 1.65. The van der Waals surface area contributed by atoms with Gasteiger partial charge in [-0.25, -0.2) is 14.2 Å². The predicted molar refractivity (Wildman–Crippen MR) is 96.9 cm³/mol. The quantitative estimate of drug-likeness (QED) is 0.457. The molecule has 1 aromatic heterocycles. The van der Waals surface area contributed by atoms with Crippen molar-refractivity contribution in [3.8, 4) is 11.5 Å². The number of carbonyl (C=O) groups excluding carboxylic acids is 1. The van der Waals surface area contributed by atoms with Crippen LogP contribution in [0.2, 0.25) is 5.02 Å². The minimum absolute atomic E-state index is 0.0453. The third kappa shape index (κ3) is 4.18. The second-order valence-electron chi connectivity index (χ2n) is 5.46. The van der Waals surface area contributed by atoms with Gasteiger partial charge in [-0.15, -0.1) is 0 Å². The standard InChI is InChI=1S/C20H15ClFNO3/c1-13-18(23-20(26-13)14-6-3-2-4-7-14)12-25-19(24)11-10-15-16(21)8-5-9-17(15)22/h2-11H,12H2,1H3. The number of rotatable bonds is 5. The lowest BCUT2D eigenvalue weighted by atomic mass is 10.2. The summed E-state index contributed by atoms with van der Waals surface area (Å²) in [5.74, 6) is -0.116. The molecule has 3 rings (SSSR count). The molecule has 0 fully saturated rings. The molecule has 0 radical (unpaired) electrons. The molecule has 0 aliphatic heterocycles. The minimum Gasteiger partial charge on any atom is -0.456 e. The third-order valence-electron chi connectivity index (χ3n) is 3.65. The van der Waals surface area contributed by atoms with Gasteiger partial charge in [-0.2, -0.15) is 0 Å². The normalized spacial score (nSPS) is 11.0. The summed E-state index contributed by atoms with van der Waals surface area (Å²) in [4.78, 5) is 16.2. The van der Waals surface area contributed by atoms with Crippen LogP contribution in [0.25, 0.3) is 17.5 Å². The van der Waals surface area contributed by atoms with Gasteiger partial charge in [-0.05, 0) is 37.3 Å². The summed E-state index contributed by atoms with van der Waals surface area (Å²) in [5.41, 5.74) is 1.49. The average Bonchev–Trinajstić information content (AvgIpc) is 3.01. The summed E-state index contributed by atoms with van der Waals surface area (Å²) in [7, 11) is 0. The summed E-state index contributed by atoms with van der Waals surface area (Å²) >= 11 is 5.90. The zero-order valence-corrected chi connectivity index (χ0v) is 14.7. The molecule has 0 aliphatic carbocycles. The monoisotopic (exact) mass is 371 g/mol. The minimum atomic E-state index is -0.631. The van der Waals surface area contributed by atoms with Crippen molar-refractivity contribution in [2.75, 3.05) is 0 Å². The first-order chi connectivity index (χ1) is 12.5. The number of ether oxygens (including phenoxy) is 1. The number of hydrogen-bond donors (Lipinski definition) is 0. The van der Waals surface area contributed by atoms with Crippen LogP contribution < -0.4 is 0 Å². The van der Waals surface area contributed by atoms with E-state index in [0.29, 0.717) is 17.3 Å². The Morgan fingerprint density at radius 1 is 1.23 bits per heavy atom. The van der Waals surface area contributed by atoms with Crippen LogP contribution in [0, 0.1) is 12.7 Å². The van der Waals surface area contributed by atoms with Gasteiger partial charge in [0.25, 0.3) is 0 Å². The fraction of sp³-hybridized carbons (Fsp3) is 0.100. The molecule has 132 valence electrons. The van der Waals surface area contributed by atoms with E-state index in [1.54, 1.807) is 13.0 Å². The predicted octanol–water partition coefficient (Wildman–Crippen LogP) is 5.20. The van der Waals surface area contributed by atoms with Crippen LogP contribution in [0.1, 0.15) is 17.0 Å². The van der Waals surface area contributed by atoms with Gasteiger partial charge in [0.2, 0.25) is 5.89 Å². The van der Waals surface area contributed by atoms with E-state index in [2.05, 4.69) is 4.98 Å². The first-order valence-corrected chi connectivity index (χ1v) is 8.23. The molecule has 0 saturated heterocycles. The number of nitrogens with zero attached hydrogens (tertiary/aromatic N) is 1. The average molecular weight is 372 g/mol. The molecule has 1 heterocycles. The lowest BCUT2D eigenvalue weighted by Gasteiger charge is -2.01. The molecule has 0 aliphatic rings. The number of aromatic nitrogens is 1. The van der Waals surface area contributed by atoms with Gasteiger partial charge in [-0.1, -0.05) is 35.9 Å². The molecule has 0 N–H and O–H groups in total. The van der Waals surface area contributed by atoms with Crippen LogP contribution in [-0.2, 0) is 16.1 Å². The molecule has 0 atom stereocenters. The van der Waals surface area contributed by atoms with Crippen molar-refractivity contribution >= 4 is 23.6 Å². The van der Waals surface area contributed by atoms with E-state index in [4.69, 9.17) is 20.8 Å². The zero-order valence-electron chi connectivity index (χ0n) is 13.9. The van der Waals surface area contributed by atoms with Gasteiger partial charge < -0.3 is 9.15 Å². The second-order valence-corrected chi connectivity index (χ2v) is 5.87. The fourth-order valence-corrected chi connectivity index (χ4v) is 2.50. The van der Waals surface area contributed by atoms with E-state index in [-0.39, 0.29) is 17.2 Å². The molecule has 0 amide bonds. The van der Waals surface area contributed by atoms with Crippen LogP contribution in [0.3, 0.4) is 0 Å². The summed E-state index contributed by atoms with van der Waals surface area (Å²) in [6.45, 7) is 1.70. The summed E-state index contributed by atoms with van der Waals surface area (Å²) < 4.78 is 24.4. The van der Waals surface area contributed by atoms with Gasteiger partial charge >= 0.3 is 5.97 Å². The smallest absolute Gasteiger partial charge is 0.331 e. The third-order valence-corrected chi connectivity index (χ3v) is 3.98. The molecule has 2 aromatic carbocycles. The highest BCUT2D eigenvalue weighted by Gasteiger charge is 2.12. The highest BCUT2D eigenvalue weighted by Crippen LogP contribution is 2.22. The van der Waals surface area contributed by atoms with Crippen LogP contribution >= 0.6 is 11.6 Å². The molecule has 3 aromatic rings. The van der Waals surface area contributed by atoms with Crippen molar-refractivity contribution in [3.05, 3.63) is 82.5 Å². The highest BCUT2D eigenvalue weighted by atomic mass is 35.5. The van der Waals surface area contributed by atoms with Crippen LogP contribution in [0.4, 0.5) is 4.39 Å². The molecule has 6 heteroatoms. The van der Waals surface area contributed by atoms with Gasteiger partial charge in [0.15, 0.2) is 0 Å². The largest absolute Gasteiger partial charge is 0.456 e. The molecule has 0 bridgehead atoms. The van der Waals surface area contributed by atoms with Gasteiger partial charge in [0, 0.05) is 17.2 Å². The van der Waals surface area contributed by atoms with Crippen molar-refractivity contribution in [2.45, 2.75) is 13.5 Å². The number of carbonyl (C=O) groups is 1. The Morgan fingerprint density at radius 3 is 2.73 bits per heavy atom. The number of aryl methyl sites for hydroxylation is 1. The number of oxazole rings is 1. The second kappa shape index (κ2) is 7.97. The van der Waals surface area contributed by atoms with Gasteiger partial charge in [-0.3, -0.25) is 0 Å². The lowest BCUT2D eigenvalue weighted by molar-refractivity contribution is -0.139. The number of halogens is 2. The number of benzene rings is 2. The molecule has 0 unspecified atom stereocenters. The van der Waals surface area contributed by atoms with Crippen molar-refractivity contribution in [1.29, 1.82) is 0 Å². The summed E-state index contributed by atoms with van der Waals surface area (Å²) in [6.07, 6.45) is 2.41.